The molecule has 3 fully saturated rings. The van der Waals surface area contributed by atoms with Crippen LogP contribution in [0, 0.1) is 11.7 Å². The Morgan fingerprint density at radius 3 is 2.54 bits per heavy atom. The minimum atomic E-state index is -0.282. The first kappa shape index (κ1) is 16.0. The van der Waals surface area contributed by atoms with E-state index in [4.69, 9.17) is 0 Å². The highest BCUT2D eigenvalue weighted by Crippen LogP contribution is 2.62. The summed E-state index contributed by atoms with van der Waals surface area (Å²) < 4.78 is 15.1. The number of hydrogen-bond acceptors (Lipinski definition) is 3. The highest BCUT2D eigenvalue weighted by Gasteiger charge is 2.62. The van der Waals surface area contributed by atoms with Gasteiger partial charge in [-0.25, -0.2) is 4.39 Å². The summed E-state index contributed by atoms with van der Waals surface area (Å²) in [4.78, 5) is 19.9. The summed E-state index contributed by atoms with van der Waals surface area (Å²) in [5, 5.41) is 4.59. The first-order chi connectivity index (χ1) is 13.5. The third kappa shape index (κ3) is 2.03. The molecule has 1 aliphatic heterocycles. The summed E-state index contributed by atoms with van der Waals surface area (Å²) in [6, 6.07) is 8.20. The summed E-state index contributed by atoms with van der Waals surface area (Å²) in [6.07, 6.45) is 7.10. The van der Waals surface area contributed by atoms with Crippen molar-refractivity contribution < 1.29 is 9.18 Å². The van der Waals surface area contributed by atoms with E-state index in [0.29, 0.717) is 12.1 Å². The molecule has 7 rings (SSSR count). The first-order valence-corrected chi connectivity index (χ1v) is 9.64. The van der Waals surface area contributed by atoms with Crippen LogP contribution in [0.25, 0.3) is 22.4 Å². The molecule has 5 nitrogen and oxygen atoms in total. The van der Waals surface area contributed by atoms with Crippen molar-refractivity contribution in [2.75, 3.05) is 0 Å². The molecular weight excluding hydrogens is 355 g/mol. The van der Waals surface area contributed by atoms with Crippen molar-refractivity contribution in [3.8, 4) is 22.4 Å². The van der Waals surface area contributed by atoms with Crippen molar-refractivity contribution in [2.45, 2.75) is 31.3 Å². The van der Waals surface area contributed by atoms with Gasteiger partial charge in [0, 0.05) is 41.7 Å². The van der Waals surface area contributed by atoms with Gasteiger partial charge in [-0.3, -0.25) is 14.5 Å². The van der Waals surface area contributed by atoms with E-state index in [1.165, 1.54) is 12.1 Å². The summed E-state index contributed by atoms with van der Waals surface area (Å²) in [7, 11) is 1.86. The monoisotopic (exact) mass is 374 g/mol. The molecule has 3 aliphatic carbocycles. The predicted molar refractivity (Wildman–Crippen MR) is 102 cm³/mol. The van der Waals surface area contributed by atoms with E-state index >= 15 is 0 Å². The molecule has 1 amide bonds. The SMILES string of the molecule is Cn1cc(-c2ccnc3c2C(=O)N(C24CC(C2)C4)C3)c(-c2ccc(F)cc2)n1. The molecule has 0 radical (unpaired) electrons. The van der Waals surface area contributed by atoms with E-state index < -0.39 is 0 Å². The van der Waals surface area contributed by atoms with Crippen LogP contribution in [0.3, 0.4) is 0 Å². The van der Waals surface area contributed by atoms with E-state index in [9.17, 15) is 9.18 Å². The lowest BCUT2D eigenvalue weighted by Gasteiger charge is -2.65. The molecule has 0 N–H and O–H groups in total. The Bertz CT molecular complexity index is 1120. The van der Waals surface area contributed by atoms with Gasteiger partial charge < -0.3 is 4.90 Å². The lowest BCUT2D eigenvalue weighted by atomic mass is 9.49. The molecule has 0 spiro atoms. The number of nitrogens with zero attached hydrogens (tertiary/aromatic N) is 4. The van der Waals surface area contributed by atoms with Crippen LogP contribution in [-0.2, 0) is 13.6 Å². The van der Waals surface area contributed by atoms with Crippen molar-refractivity contribution in [1.29, 1.82) is 0 Å². The number of pyridine rings is 1. The molecule has 3 aromatic rings. The highest BCUT2D eigenvalue weighted by molar-refractivity contribution is 6.05. The van der Waals surface area contributed by atoms with Gasteiger partial charge in [0.1, 0.15) is 11.5 Å². The van der Waals surface area contributed by atoms with Gasteiger partial charge in [0.25, 0.3) is 5.91 Å². The van der Waals surface area contributed by atoms with Crippen LogP contribution in [0.2, 0.25) is 0 Å². The van der Waals surface area contributed by atoms with Gasteiger partial charge in [-0.1, -0.05) is 0 Å². The number of carbonyl (C=O) groups excluding carboxylic acids is 1. The van der Waals surface area contributed by atoms with Gasteiger partial charge >= 0.3 is 0 Å². The largest absolute Gasteiger partial charge is 0.327 e. The molecule has 6 heteroatoms. The standard InChI is InChI=1S/C22H19FN4O/c1-26-11-17(20(25-26)14-2-4-15(23)5-3-14)16-6-7-24-18-12-27(21(28)19(16)18)22-8-13(9-22)10-22/h2-7,11,13H,8-10,12H2,1H3. The second kappa shape index (κ2) is 5.28. The van der Waals surface area contributed by atoms with Gasteiger partial charge in [0.05, 0.1) is 17.8 Å². The molecule has 3 saturated carbocycles. The van der Waals surface area contributed by atoms with Crippen LogP contribution in [-0.4, -0.2) is 31.1 Å². The Labute approximate surface area is 161 Å². The van der Waals surface area contributed by atoms with Crippen molar-refractivity contribution in [2.24, 2.45) is 13.0 Å². The number of fused-ring (bicyclic) bond motifs is 1. The van der Waals surface area contributed by atoms with Crippen molar-refractivity contribution >= 4 is 5.91 Å². The second-order valence-corrected chi connectivity index (χ2v) is 8.35. The predicted octanol–water partition coefficient (Wildman–Crippen LogP) is 3.80. The van der Waals surface area contributed by atoms with Gasteiger partial charge in [0.15, 0.2) is 0 Å². The van der Waals surface area contributed by atoms with E-state index in [0.717, 1.165) is 53.3 Å². The number of carbonyl (C=O) groups is 1. The average molecular weight is 374 g/mol. The van der Waals surface area contributed by atoms with E-state index in [-0.39, 0.29) is 17.3 Å². The maximum atomic E-state index is 13.4. The Morgan fingerprint density at radius 2 is 1.86 bits per heavy atom. The summed E-state index contributed by atoms with van der Waals surface area (Å²) >= 11 is 0. The zero-order chi connectivity index (χ0) is 19.0. The molecule has 0 atom stereocenters. The molecule has 140 valence electrons. The highest BCUT2D eigenvalue weighted by atomic mass is 19.1. The normalized spacial score (nSPS) is 24.7. The molecular formula is C22H19FN4O. The fourth-order valence-corrected chi connectivity index (χ4v) is 5.10. The zero-order valence-corrected chi connectivity index (χ0v) is 15.5. The molecule has 0 saturated heterocycles. The molecule has 2 aromatic heterocycles. The van der Waals surface area contributed by atoms with Crippen molar-refractivity contribution in [3.05, 3.63) is 59.8 Å². The lowest BCUT2D eigenvalue weighted by molar-refractivity contribution is -0.124. The Kier molecular flexibility index (Phi) is 3.01. The Hall–Kier alpha value is -3.02. The molecule has 4 aliphatic rings. The van der Waals surface area contributed by atoms with Gasteiger partial charge in [-0.05, 0) is 55.5 Å². The van der Waals surface area contributed by atoms with E-state index in [1.807, 2.05) is 24.2 Å². The summed E-state index contributed by atoms with van der Waals surface area (Å²) in [6.45, 7) is 0.598. The second-order valence-electron chi connectivity index (χ2n) is 8.35. The van der Waals surface area contributed by atoms with Gasteiger partial charge in [-0.2, -0.15) is 5.10 Å². The number of rotatable bonds is 3. The van der Waals surface area contributed by atoms with Crippen LogP contribution in [0.15, 0.2) is 42.7 Å². The van der Waals surface area contributed by atoms with Gasteiger partial charge in [0.2, 0.25) is 0 Å². The van der Waals surface area contributed by atoms with Crippen molar-refractivity contribution in [3.63, 3.8) is 0 Å². The summed E-state index contributed by atoms with van der Waals surface area (Å²) in [5.41, 5.74) is 4.92. The topological polar surface area (TPSA) is 51.0 Å². The number of halogens is 1. The maximum absolute atomic E-state index is 13.4. The third-order valence-electron chi connectivity index (χ3n) is 6.61. The number of benzene rings is 1. The fraction of sp³-hybridized carbons (Fsp3) is 0.318. The number of aromatic nitrogens is 3. The van der Waals surface area contributed by atoms with E-state index in [2.05, 4.69) is 10.1 Å². The quantitative estimate of drug-likeness (QED) is 0.701. The van der Waals surface area contributed by atoms with E-state index in [1.54, 1.807) is 23.0 Å². The minimum Gasteiger partial charge on any atom is -0.327 e. The fourth-order valence-electron chi connectivity index (χ4n) is 5.10. The Balaban J connectivity index is 1.47. The van der Waals surface area contributed by atoms with Crippen LogP contribution in [0.4, 0.5) is 4.39 Å². The molecule has 0 unspecified atom stereocenters. The molecule has 2 bridgehead atoms. The Morgan fingerprint density at radius 1 is 1.11 bits per heavy atom. The van der Waals surface area contributed by atoms with Crippen LogP contribution < -0.4 is 0 Å². The van der Waals surface area contributed by atoms with Crippen LogP contribution in [0.1, 0.15) is 35.3 Å². The maximum Gasteiger partial charge on any atom is 0.257 e. The average Bonchev–Trinajstić information content (AvgIpc) is 3.14. The number of hydrogen-bond donors (Lipinski definition) is 0. The smallest absolute Gasteiger partial charge is 0.257 e. The number of amides is 1. The lowest BCUT2D eigenvalue weighted by Crippen LogP contribution is -2.68. The number of aryl methyl sites for hydroxylation is 1. The minimum absolute atomic E-state index is 0.0778. The third-order valence-corrected chi connectivity index (χ3v) is 6.61. The molecule has 3 heterocycles. The zero-order valence-electron chi connectivity index (χ0n) is 15.5. The van der Waals surface area contributed by atoms with Crippen LogP contribution >= 0.6 is 0 Å². The molecule has 28 heavy (non-hydrogen) atoms. The van der Waals surface area contributed by atoms with Crippen molar-refractivity contribution in [1.82, 2.24) is 19.7 Å². The van der Waals surface area contributed by atoms with Gasteiger partial charge in [-0.15, -0.1) is 0 Å². The molecule has 1 aromatic carbocycles. The first-order valence-electron chi connectivity index (χ1n) is 9.64. The summed E-state index contributed by atoms with van der Waals surface area (Å²) in [5.74, 6) is 0.618. The van der Waals surface area contributed by atoms with Crippen LogP contribution in [0.5, 0.6) is 0 Å².